The molecule has 0 aliphatic heterocycles. The molecule has 2 aromatic rings. The van der Waals surface area contributed by atoms with E-state index in [4.69, 9.17) is 16.2 Å². The molecule has 0 atom stereocenters. The molecule has 0 saturated heterocycles. The van der Waals surface area contributed by atoms with E-state index in [0.717, 1.165) is 17.2 Å². The van der Waals surface area contributed by atoms with E-state index in [0.29, 0.717) is 30.6 Å². The molecule has 2 aromatic carbocycles. The van der Waals surface area contributed by atoms with Crippen molar-refractivity contribution < 1.29 is 14.3 Å². The first-order valence-electron chi connectivity index (χ1n) is 7.95. The van der Waals surface area contributed by atoms with Crippen LogP contribution < -0.4 is 16.2 Å². The van der Waals surface area contributed by atoms with Crippen LogP contribution in [0.1, 0.15) is 25.7 Å². The van der Waals surface area contributed by atoms with Crippen LogP contribution >= 0.6 is 0 Å². The highest BCUT2D eigenvalue weighted by atomic mass is 16.5. The molecular formula is C19H22N2O3. The highest BCUT2D eigenvalue weighted by Gasteiger charge is 2.06. The molecule has 0 saturated carbocycles. The van der Waals surface area contributed by atoms with Crippen LogP contribution in [0.5, 0.6) is 5.75 Å². The largest absolute Gasteiger partial charge is 0.489 e. The molecule has 0 fully saturated rings. The van der Waals surface area contributed by atoms with Crippen molar-refractivity contribution in [1.29, 1.82) is 0 Å². The van der Waals surface area contributed by atoms with E-state index >= 15 is 0 Å². The van der Waals surface area contributed by atoms with Gasteiger partial charge in [0, 0.05) is 12.0 Å². The normalized spacial score (nSPS) is 11.4. The van der Waals surface area contributed by atoms with Gasteiger partial charge in [-0.3, -0.25) is 9.59 Å². The summed E-state index contributed by atoms with van der Waals surface area (Å²) in [6.07, 6.45) is 4.25. The van der Waals surface area contributed by atoms with Gasteiger partial charge >= 0.3 is 0 Å². The van der Waals surface area contributed by atoms with Gasteiger partial charge in [0.2, 0.25) is 11.8 Å². The lowest BCUT2D eigenvalue weighted by molar-refractivity contribution is -0.118. The van der Waals surface area contributed by atoms with Crippen molar-refractivity contribution in [1.82, 2.24) is 0 Å². The fraction of sp³-hybridized carbons (Fsp3) is 0.263. The van der Waals surface area contributed by atoms with Crippen LogP contribution in [0.4, 0.5) is 0 Å². The quantitative estimate of drug-likeness (QED) is 0.548. The van der Waals surface area contributed by atoms with E-state index in [9.17, 15) is 9.59 Å². The molecule has 4 N–H and O–H groups in total. The number of nitrogens with two attached hydrogens (primary N) is 2. The zero-order chi connectivity index (χ0) is 17.4. The molecule has 2 rings (SSSR count). The maximum Gasteiger partial charge on any atom is 0.247 e. The molecule has 0 spiro atoms. The standard InChI is InChI=1S/C19H22N2O3/c20-18(22)9-3-1-2-8-16(19(21)23)13-24-17-11-10-14-6-4-5-7-15(14)12-17/h4-8,10-12H,1-3,9,13H2,(H2,20,22)(H2,21,23). The highest BCUT2D eigenvalue weighted by molar-refractivity contribution is 5.92. The molecule has 0 heterocycles. The fourth-order valence-corrected chi connectivity index (χ4v) is 2.37. The van der Waals surface area contributed by atoms with Gasteiger partial charge in [-0.15, -0.1) is 0 Å². The Balaban J connectivity index is 1.92. The van der Waals surface area contributed by atoms with Gasteiger partial charge in [-0.2, -0.15) is 0 Å². The monoisotopic (exact) mass is 326 g/mol. The Morgan fingerprint density at radius 3 is 2.46 bits per heavy atom. The van der Waals surface area contributed by atoms with Crippen molar-refractivity contribution in [3.8, 4) is 5.75 Å². The Hall–Kier alpha value is -2.82. The topological polar surface area (TPSA) is 95.4 Å². The number of unbranched alkanes of at least 4 members (excludes halogenated alkanes) is 2. The minimum atomic E-state index is -0.495. The summed E-state index contributed by atoms with van der Waals surface area (Å²) < 4.78 is 5.69. The molecule has 0 aliphatic rings. The first-order chi connectivity index (χ1) is 11.6. The summed E-state index contributed by atoms with van der Waals surface area (Å²) in [4.78, 5) is 22.2. The Kier molecular flexibility index (Phi) is 6.37. The lowest BCUT2D eigenvalue weighted by Gasteiger charge is -2.09. The van der Waals surface area contributed by atoms with Crippen molar-refractivity contribution in [3.05, 3.63) is 54.1 Å². The second-order valence-corrected chi connectivity index (χ2v) is 5.60. The molecule has 0 radical (unpaired) electrons. The third-order valence-electron chi connectivity index (χ3n) is 3.70. The first kappa shape index (κ1) is 17.5. The van der Waals surface area contributed by atoms with Crippen LogP contribution in [0.15, 0.2) is 54.1 Å². The Labute approximate surface area is 141 Å². The number of primary amides is 2. The third kappa shape index (κ3) is 5.43. The number of benzene rings is 2. The average Bonchev–Trinajstić information content (AvgIpc) is 2.56. The maximum absolute atomic E-state index is 11.5. The lowest BCUT2D eigenvalue weighted by atomic mass is 10.1. The second-order valence-electron chi connectivity index (χ2n) is 5.60. The maximum atomic E-state index is 11.5. The van der Waals surface area contributed by atoms with Gasteiger partial charge in [0.1, 0.15) is 12.4 Å². The number of hydrogen-bond acceptors (Lipinski definition) is 3. The number of amides is 2. The van der Waals surface area contributed by atoms with Crippen molar-refractivity contribution >= 4 is 22.6 Å². The number of carbonyl (C=O) groups is 2. The molecule has 0 aliphatic carbocycles. The van der Waals surface area contributed by atoms with E-state index < -0.39 is 5.91 Å². The van der Waals surface area contributed by atoms with Crippen molar-refractivity contribution in [2.24, 2.45) is 11.5 Å². The minimum Gasteiger partial charge on any atom is -0.489 e. The summed E-state index contributed by atoms with van der Waals surface area (Å²) in [6.45, 7) is 0.128. The number of fused-ring (bicyclic) bond motifs is 1. The van der Waals surface area contributed by atoms with Gasteiger partial charge in [-0.05, 0) is 42.2 Å². The van der Waals surface area contributed by atoms with Crippen LogP contribution in [-0.4, -0.2) is 18.4 Å². The predicted octanol–water partition coefficient (Wildman–Crippen LogP) is 2.68. The zero-order valence-electron chi connectivity index (χ0n) is 13.5. The van der Waals surface area contributed by atoms with Crippen LogP contribution in [-0.2, 0) is 9.59 Å². The summed E-state index contributed by atoms with van der Waals surface area (Å²) in [5.41, 5.74) is 10.9. The smallest absolute Gasteiger partial charge is 0.247 e. The summed E-state index contributed by atoms with van der Waals surface area (Å²) >= 11 is 0. The second kappa shape index (κ2) is 8.72. The van der Waals surface area contributed by atoms with Gasteiger partial charge in [-0.1, -0.05) is 36.4 Å². The van der Waals surface area contributed by atoms with Crippen molar-refractivity contribution in [3.63, 3.8) is 0 Å². The van der Waals surface area contributed by atoms with E-state index in [1.54, 1.807) is 6.08 Å². The lowest BCUT2D eigenvalue weighted by Crippen LogP contribution is -2.19. The summed E-state index contributed by atoms with van der Waals surface area (Å²) in [5, 5.41) is 2.20. The van der Waals surface area contributed by atoms with Crippen molar-refractivity contribution in [2.75, 3.05) is 6.61 Å². The molecular weight excluding hydrogens is 304 g/mol. The van der Waals surface area contributed by atoms with Crippen LogP contribution in [0, 0.1) is 0 Å². The molecule has 2 amide bonds. The van der Waals surface area contributed by atoms with E-state index in [-0.39, 0.29) is 12.5 Å². The molecule has 0 unspecified atom stereocenters. The van der Waals surface area contributed by atoms with Gasteiger partial charge in [0.15, 0.2) is 0 Å². The summed E-state index contributed by atoms with van der Waals surface area (Å²) in [7, 11) is 0. The minimum absolute atomic E-state index is 0.128. The molecule has 126 valence electrons. The Bertz CT molecular complexity index is 753. The van der Waals surface area contributed by atoms with Crippen LogP contribution in [0.25, 0.3) is 10.8 Å². The third-order valence-corrected chi connectivity index (χ3v) is 3.70. The molecule has 0 bridgehead atoms. The van der Waals surface area contributed by atoms with Gasteiger partial charge in [0.05, 0.1) is 0 Å². The average molecular weight is 326 g/mol. The number of hydrogen-bond donors (Lipinski definition) is 2. The highest BCUT2D eigenvalue weighted by Crippen LogP contribution is 2.21. The van der Waals surface area contributed by atoms with Crippen LogP contribution in [0.2, 0.25) is 0 Å². The predicted molar refractivity (Wildman–Crippen MR) is 94.4 cm³/mol. The van der Waals surface area contributed by atoms with Gasteiger partial charge in [0.25, 0.3) is 0 Å². The van der Waals surface area contributed by atoms with Crippen molar-refractivity contribution in [2.45, 2.75) is 25.7 Å². The molecule has 5 heteroatoms. The first-order valence-corrected chi connectivity index (χ1v) is 7.95. The fourth-order valence-electron chi connectivity index (χ4n) is 2.37. The van der Waals surface area contributed by atoms with E-state index in [1.165, 1.54) is 0 Å². The molecule has 5 nitrogen and oxygen atoms in total. The number of ether oxygens (including phenoxy) is 1. The Morgan fingerprint density at radius 2 is 1.75 bits per heavy atom. The molecule has 0 aromatic heterocycles. The number of carbonyl (C=O) groups excluding carboxylic acids is 2. The van der Waals surface area contributed by atoms with E-state index in [1.807, 2.05) is 42.5 Å². The SMILES string of the molecule is NC(=O)CCCCC=C(COc1ccc2ccccc2c1)C(N)=O. The molecule has 24 heavy (non-hydrogen) atoms. The summed E-state index contributed by atoms with van der Waals surface area (Å²) in [6, 6.07) is 13.8. The van der Waals surface area contributed by atoms with E-state index in [2.05, 4.69) is 0 Å². The van der Waals surface area contributed by atoms with Crippen LogP contribution in [0.3, 0.4) is 0 Å². The number of rotatable bonds is 9. The Morgan fingerprint density at radius 1 is 1.00 bits per heavy atom. The van der Waals surface area contributed by atoms with Gasteiger partial charge in [-0.25, -0.2) is 0 Å². The number of allylic oxidation sites excluding steroid dienone is 1. The van der Waals surface area contributed by atoms with Gasteiger partial charge < -0.3 is 16.2 Å². The zero-order valence-corrected chi connectivity index (χ0v) is 13.5. The summed E-state index contributed by atoms with van der Waals surface area (Å²) in [5.74, 6) is -0.117.